The topological polar surface area (TPSA) is 15.8 Å². The Morgan fingerprint density at radius 2 is 1.96 bits per heavy atom. The minimum atomic E-state index is 0.765. The van der Waals surface area contributed by atoms with Gasteiger partial charge in [0.25, 0.3) is 0 Å². The van der Waals surface area contributed by atoms with Gasteiger partial charge in [-0.1, -0.05) is 31.4 Å². The van der Waals surface area contributed by atoms with Crippen molar-refractivity contribution in [1.82, 2.24) is 4.98 Å². The molecule has 0 bridgehead atoms. The summed E-state index contributed by atoms with van der Waals surface area (Å²) in [5.41, 5.74) is 4.24. The van der Waals surface area contributed by atoms with Crippen LogP contribution < -0.4 is 0 Å². The Labute approximate surface area is 141 Å². The van der Waals surface area contributed by atoms with Gasteiger partial charge < -0.3 is 4.98 Å². The number of nitrogens with one attached hydrogen (secondary N) is 1. The van der Waals surface area contributed by atoms with Crippen molar-refractivity contribution in [1.29, 1.82) is 0 Å². The van der Waals surface area contributed by atoms with E-state index in [0.717, 1.165) is 17.8 Å². The molecule has 1 nitrogen and oxygen atoms in total. The summed E-state index contributed by atoms with van der Waals surface area (Å²) < 4.78 is 0. The van der Waals surface area contributed by atoms with Crippen LogP contribution in [0.2, 0.25) is 0 Å². The highest BCUT2D eigenvalue weighted by Gasteiger charge is 2.34. The van der Waals surface area contributed by atoms with Gasteiger partial charge in [-0.15, -0.1) is 11.3 Å². The van der Waals surface area contributed by atoms with Crippen LogP contribution in [0, 0.1) is 11.8 Å². The second-order valence-electron chi connectivity index (χ2n) is 7.44. The molecule has 2 heteroatoms. The molecule has 2 aliphatic carbocycles. The number of H-pyrrole nitrogens is 1. The molecule has 5 rings (SSSR count). The van der Waals surface area contributed by atoms with E-state index in [4.69, 9.17) is 0 Å². The quantitative estimate of drug-likeness (QED) is 0.548. The highest BCUT2D eigenvalue weighted by molar-refractivity contribution is 7.13. The van der Waals surface area contributed by atoms with Crippen LogP contribution in [0.25, 0.3) is 21.3 Å². The summed E-state index contributed by atoms with van der Waals surface area (Å²) in [7, 11) is 0. The van der Waals surface area contributed by atoms with Crippen LogP contribution in [-0.4, -0.2) is 4.98 Å². The summed E-state index contributed by atoms with van der Waals surface area (Å²) in [6, 6.07) is 11.3. The van der Waals surface area contributed by atoms with Crippen LogP contribution >= 0.6 is 11.3 Å². The Hall–Kier alpha value is -1.54. The Bertz CT molecular complexity index is 814. The molecule has 0 spiro atoms. The zero-order chi connectivity index (χ0) is 15.2. The molecule has 0 radical (unpaired) electrons. The fourth-order valence-electron chi connectivity index (χ4n) is 5.06. The highest BCUT2D eigenvalue weighted by Crippen LogP contribution is 2.48. The van der Waals surface area contributed by atoms with Gasteiger partial charge in [0.05, 0.1) is 0 Å². The van der Waals surface area contributed by atoms with E-state index in [2.05, 4.69) is 46.9 Å². The van der Waals surface area contributed by atoms with Crippen LogP contribution in [0.15, 0.2) is 41.9 Å². The smallest absolute Gasteiger partial charge is 0.0457 e. The van der Waals surface area contributed by atoms with Gasteiger partial charge in [-0.25, -0.2) is 0 Å². The second-order valence-corrected chi connectivity index (χ2v) is 8.39. The number of hydrogen-bond acceptors (Lipinski definition) is 1. The van der Waals surface area contributed by atoms with Crippen LogP contribution in [0.4, 0.5) is 0 Å². The van der Waals surface area contributed by atoms with E-state index in [1.54, 1.807) is 5.56 Å². The molecule has 2 aliphatic rings. The predicted octanol–water partition coefficient (Wildman–Crippen LogP) is 6.58. The molecular formula is C21H23NS. The third-order valence-electron chi connectivity index (χ3n) is 6.25. The Morgan fingerprint density at radius 1 is 1.00 bits per heavy atom. The number of aromatic nitrogens is 1. The molecule has 23 heavy (non-hydrogen) atoms. The van der Waals surface area contributed by atoms with Crippen molar-refractivity contribution < 1.29 is 0 Å². The van der Waals surface area contributed by atoms with Crippen molar-refractivity contribution in [3.8, 4) is 10.4 Å². The maximum absolute atomic E-state index is 3.52. The summed E-state index contributed by atoms with van der Waals surface area (Å²) in [6.07, 6.45) is 11.0. The molecule has 3 aromatic rings. The summed E-state index contributed by atoms with van der Waals surface area (Å²) in [5, 5.41) is 3.62. The van der Waals surface area contributed by atoms with E-state index in [9.17, 15) is 0 Å². The lowest BCUT2D eigenvalue weighted by atomic mass is 9.73. The SMILES string of the molecule is c1csc(-c2ccc3[nH]cc(C4CCC5CCCC5C4)c3c2)c1. The average Bonchev–Trinajstić information content (AvgIpc) is 3.32. The third-order valence-corrected chi connectivity index (χ3v) is 7.17. The largest absolute Gasteiger partial charge is 0.361 e. The van der Waals surface area contributed by atoms with Crippen molar-refractivity contribution in [2.24, 2.45) is 11.8 Å². The lowest BCUT2D eigenvalue weighted by molar-refractivity contribution is 0.251. The molecule has 0 amide bonds. The molecule has 1 N–H and O–H groups in total. The van der Waals surface area contributed by atoms with Gasteiger partial charge in [-0.3, -0.25) is 0 Å². The fraction of sp³-hybridized carbons (Fsp3) is 0.429. The lowest BCUT2D eigenvalue weighted by Crippen LogP contribution is -2.19. The first-order chi connectivity index (χ1) is 11.4. The number of fused-ring (bicyclic) bond motifs is 2. The van der Waals surface area contributed by atoms with Crippen LogP contribution in [0.1, 0.15) is 50.0 Å². The minimum absolute atomic E-state index is 0.765. The number of thiophene rings is 1. The van der Waals surface area contributed by atoms with E-state index in [0.29, 0.717) is 0 Å². The first-order valence-corrected chi connectivity index (χ1v) is 9.91. The monoisotopic (exact) mass is 321 g/mol. The van der Waals surface area contributed by atoms with Gasteiger partial charge in [0, 0.05) is 22.0 Å². The Kier molecular flexibility index (Phi) is 3.33. The molecule has 3 atom stereocenters. The third kappa shape index (κ3) is 2.35. The zero-order valence-corrected chi connectivity index (χ0v) is 14.2. The van der Waals surface area contributed by atoms with Crippen molar-refractivity contribution >= 4 is 22.2 Å². The van der Waals surface area contributed by atoms with Gasteiger partial charge >= 0.3 is 0 Å². The molecule has 2 aromatic heterocycles. The second kappa shape index (κ2) is 5.52. The summed E-state index contributed by atoms with van der Waals surface area (Å²) in [6.45, 7) is 0. The van der Waals surface area contributed by atoms with Crippen molar-refractivity contribution in [3.63, 3.8) is 0 Å². The maximum atomic E-state index is 3.52. The molecule has 2 saturated carbocycles. The molecule has 2 heterocycles. The standard InChI is InChI=1S/C21H23NS/c1-3-14-6-7-16(11-15(14)4-1)19-13-22-20-9-8-17(12-18(19)20)21-5-2-10-23-21/h2,5,8-10,12-16,22H,1,3-4,6-7,11H2. The highest BCUT2D eigenvalue weighted by atomic mass is 32.1. The van der Waals surface area contributed by atoms with Crippen molar-refractivity contribution in [3.05, 3.63) is 47.5 Å². The van der Waals surface area contributed by atoms with Gasteiger partial charge in [-0.2, -0.15) is 0 Å². The van der Waals surface area contributed by atoms with Crippen LogP contribution in [0.3, 0.4) is 0 Å². The van der Waals surface area contributed by atoms with E-state index >= 15 is 0 Å². The molecule has 1 aromatic carbocycles. The normalized spacial score (nSPS) is 27.4. The maximum Gasteiger partial charge on any atom is 0.0457 e. The van der Waals surface area contributed by atoms with Crippen molar-refractivity contribution in [2.75, 3.05) is 0 Å². The zero-order valence-electron chi connectivity index (χ0n) is 13.4. The van der Waals surface area contributed by atoms with Gasteiger partial charge in [0.1, 0.15) is 0 Å². The van der Waals surface area contributed by atoms with Crippen LogP contribution in [-0.2, 0) is 0 Å². The molecule has 118 valence electrons. The molecular weight excluding hydrogens is 298 g/mol. The number of benzene rings is 1. The Balaban J connectivity index is 1.52. The molecule has 2 fully saturated rings. The van der Waals surface area contributed by atoms with Gasteiger partial charge in [0.15, 0.2) is 0 Å². The Morgan fingerprint density at radius 3 is 2.87 bits per heavy atom. The van der Waals surface area contributed by atoms with Crippen molar-refractivity contribution in [2.45, 2.75) is 44.4 Å². The fourth-order valence-corrected chi connectivity index (χ4v) is 5.78. The summed E-state index contributed by atoms with van der Waals surface area (Å²) in [4.78, 5) is 4.89. The van der Waals surface area contributed by atoms with E-state index in [1.807, 2.05) is 11.3 Å². The average molecular weight is 321 g/mol. The van der Waals surface area contributed by atoms with E-state index < -0.39 is 0 Å². The lowest BCUT2D eigenvalue weighted by Gasteiger charge is -2.31. The number of aromatic amines is 1. The number of hydrogen-bond donors (Lipinski definition) is 1. The number of rotatable bonds is 2. The molecule has 0 aliphatic heterocycles. The van der Waals surface area contributed by atoms with Gasteiger partial charge in [-0.05, 0) is 71.7 Å². The summed E-state index contributed by atoms with van der Waals surface area (Å²) >= 11 is 1.83. The summed E-state index contributed by atoms with van der Waals surface area (Å²) in [5.74, 6) is 2.80. The minimum Gasteiger partial charge on any atom is -0.361 e. The predicted molar refractivity (Wildman–Crippen MR) is 99.0 cm³/mol. The molecule has 0 saturated heterocycles. The van der Waals surface area contributed by atoms with E-state index in [-0.39, 0.29) is 0 Å². The first kappa shape index (κ1) is 13.9. The van der Waals surface area contributed by atoms with Gasteiger partial charge in [0.2, 0.25) is 0 Å². The van der Waals surface area contributed by atoms with Crippen LogP contribution in [0.5, 0.6) is 0 Å². The molecule has 3 unspecified atom stereocenters. The van der Waals surface area contributed by atoms with E-state index in [1.165, 1.54) is 59.9 Å². The first-order valence-electron chi connectivity index (χ1n) is 9.03.